The van der Waals surface area contributed by atoms with E-state index in [-0.39, 0.29) is 5.25 Å². The van der Waals surface area contributed by atoms with Crippen molar-refractivity contribution in [1.29, 1.82) is 0 Å². The number of thioether (sulfide) groups is 1. The highest BCUT2D eigenvalue weighted by Gasteiger charge is 2.28. The van der Waals surface area contributed by atoms with Gasteiger partial charge in [-0.2, -0.15) is 0 Å². The molecule has 4 nitrogen and oxygen atoms in total. The van der Waals surface area contributed by atoms with Crippen molar-refractivity contribution in [2.75, 3.05) is 0 Å². The molecule has 0 amide bonds. The van der Waals surface area contributed by atoms with Crippen LogP contribution in [-0.4, -0.2) is 25.8 Å². The SMILES string of the molecule is C=CCn1c(S[C@@H]2CCCCC2=O)nnc1C1CCCCC1. The largest absolute Gasteiger partial charge is 0.302 e. The number of ketones is 1. The molecular weight excluding hydrogens is 294 g/mol. The number of carbonyl (C=O) groups is 1. The van der Waals surface area contributed by atoms with E-state index in [1.165, 1.54) is 32.1 Å². The van der Waals surface area contributed by atoms with Gasteiger partial charge in [0.1, 0.15) is 11.6 Å². The van der Waals surface area contributed by atoms with Gasteiger partial charge in [0.2, 0.25) is 0 Å². The standard InChI is InChI=1S/C17H25N3OS/c1-2-12-20-16(13-8-4-3-5-9-13)18-19-17(20)22-15-11-7-6-10-14(15)21/h2,13,15H,1,3-12H2/t15-/m1/s1. The first-order chi connectivity index (χ1) is 10.8. The van der Waals surface area contributed by atoms with Crippen molar-refractivity contribution < 1.29 is 4.79 Å². The van der Waals surface area contributed by atoms with Crippen LogP contribution in [0.1, 0.15) is 69.5 Å². The van der Waals surface area contributed by atoms with E-state index >= 15 is 0 Å². The van der Waals surface area contributed by atoms with Crippen molar-refractivity contribution in [2.24, 2.45) is 0 Å². The lowest BCUT2D eigenvalue weighted by Crippen LogP contribution is -2.22. The summed E-state index contributed by atoms with van der Waals surface area (Å²) in [6.07, 6.45) is 12.1. The van der Waals surface area contributed by atoms with E-state index in [0.29, 0.717) is 11.7 Å². The molecule has 1 aromatic rings. The molecule has 2 saturated carbocycles. The van der Waals surface area contributed by atoms with Crippen LogP contribution in [0.25, 0.3) is 0 Å². The summed E-state index contributed by atoms with van der Waals surface area (Å²) in [7, 11) is 0. The Labute approximate surface area is 136 Å². The molecule has 5 heteroatoms. The van der Waals surface area contributed by atoms with E-state index in [0.717, 1.165) is 43.2 Å². The van der Waals surface area contributed by atoms with Crippen LogP contribution in [0.15, 0.2) is 17.8 Å². The van der Waals surface area contributed by atoms with Gasteiger partial charge >= 0.3 is 0 Å². The van der Waals surface area contributed by atoms with Crippen LogP contribution in [0.3, 0.4) is 0 Å². The fourth-order valence-corrected chi connectivity index (χ4v) is 4.73. The minimum atomic E-state index is 0.0701. The second kappa shape index (κ2) is 7.44. The number of carbonyl (C=O) groups excluding carboxylic acids is 1. The van der Waals surface area contributed by atoms with Gasteiger partial charge < -0.3 is 4.57 Å². The van der Waals surface area contributed by atoms with E-state index in [1.54, 1.807) is 11.8 Å². The van der Waals surface area contributed by atoms with Crippen molar-refractivity contribution in [1.82, 2.24) is 14.8 Å². The Hall–Kier alpha value is -1.10. The van der Waals surface area contributed by atoms with E-state index in [1.807, 2.05) is 6.08 Å². The highest BCUT2D eigenvalue weighted by molar-refractivity contribution is 8.00. The zero-order chi connectivity index (χ0) is 15.4. The predicted octanol–water partition coefficient (Wildman–Crippen LogP) is 4.12. The van der Waals surface area contributed by atoms with Crippen LogP contribution in [0, 0.1) is 0 Å². The Bertz CT molecular complexity index is 534. The Kier molecular flexibility index (Phi) is 5.34. The average molecular weight is 319 g/mol. The number of hydrogen-bond donors (Lipinski definition) is 0. The predicted molar refractivity (Wildman–Crippen MR) is 89.2 cm³/mol. The summed E-state index contributed by atoms with van der Waals surface area (Å²) in [4.78, 5) is 12.1. The lowest BCUT2D eigenvalue weighted by Gasteiger charge is -2.22. The van der Waals surface area contributed by atoms with Gasteiger partial charge in [-0.1, -0.05) is 43.5 Å². The number of aromatic nitrogens is 3. The Morgan fingerprint density at radius 3 is 2.64 bits per heavy atom. The lowest BCUT2D eigenvalue weighted by molar-refractivity contribution is -0.119. The van der Waals surface area contributed by atoms with Crippen LogP contribution < -0.4 is 0 Å². The van der Waals surface area contributed by atoms with E-state index in [2.05, 4.69) is 21.3 Å². The van der Waals surface area contributed by atoms with Crippen LogP contribution in [0.2, 0.25) is 0 Å². The van der Waals surface area contributed by atoms with Gasteiger partial charge in [-0.15, -0.1) is 16.8 Å². The molecule has 0 N–H and O–H groups in total. The second-order valence-corrected chi connectivity index (χ2v) is 7.56. The normalized spacial score (nSPS) is 23.6. The molecule has 1 atom stereocenters. The third-order valence-electron chi connectivity index (χ3n) is 4.77. The Morgan fingerprint density at radius 1 is 1.14 bits per heavy atom. The summed E-state index contributed by atoms with van der Waals surface area (Å²) in [5.74, 6) is 2.01. The first-order valence-electron chi connectivity index (χ1n) is 8.53. The van der Waals surface area contributed by atoms with E-state index < -0.39 is 0 Å². The van der Waals surface area contributed by atoms with Gasteiger partial charge in [0.25, 0.3) is 0 Å². The summed E-state index contributed by atoms with van der Waals surface area (Å²) < 4.78 is 2.19. The zero-order valence-corrected chi connectivity index (χ0v) is 14.0. The van der Waals surface area contributed by atoms with Crippen molar-refractivity contribution in [2.45, 2.75) is 80.7 Å². The zero-order valence-electron chi connectivity index (χ0n) is 13.2. The van der Waals surface area contributed by atoms with Gasteiger partial charge in [0, 0.05) is 18.9 Å². The van der Waals surface area contributed by atoms with Gasteiger partial charge in [-0.25, -0.2) is 0 Å². The fraction of sp³-hybridized carbons (Fsp3) is 0.706. The maximum Gasteiger partial charge on any atom is 0.192 e. The summed E-state index contributed by atoms with van der Waals surface area (Å²) in [6, 6.07) is 0. The molecule has 2 fully saturated rings. The molecule has 3 rings (SSSR count). The molecule has 1 aromatic heterocycles. The van der Waals surface area contributed by atoms with Crippen LogP contribution >= 0.6 is 11.8 Å². The third kappa shape index (κ3) is 3.45. The summed E-state index contributed by atoms with van der Waals surface area (Å²) in [5, 5.41) is 9.87. The van der Waals surface area contributed by atoms with Gasteiger partial charge in [-0.05, 0) is 25.7 Å². The summed E-state index contributed by atoms with van der Waals surface area (Å²) in [6.45, 7) is 4.61. The first kappa shape index (κ1) is 15.8. The van der Waals surface area contributed by atoms with Crippen LogP contribution in [0.4, 0.5) is 0 Å². The van der Waals surface area contributed by atoms with Gasteiger partial charge in [0.05, 0.1) is 5.25 Å². The Balaban J connectivity index is 1.79. The molecule has 22 heavy (non-hydrogen) atoms. The van der Waals surface area contributed by atoms with Gasteiger partial charge in [0.15, 0.2) is 5.16 Å². The molecule has 0 radical (unpaired) electrons. The lowest BCUT2D eigenvalue weighted by atomic mass is 9.89. The van der Waals surface area contributed by atoms with E-state index in [4.69, 9.17) is 0 Å². The maximum atomic E-state index is 12.1. The molecule has 0 aromatic carbocycles. The molecule has 2 aliphatic carbocycles. The molecule has 0 aliphatic heterocycles. The number of Topliss-reactive ketones (excluding diaryl/α,β-unsaturated/α-hetero) is 1. The monoisotopic (exact) mass is 319 g/mol. The quantitative estimate of drug-likeness (QED) is 0.766. The topological polar surface area (TPSA) is 47.8 Å². The van der Waals surface area contributed by atoms with Crippen LogP contribution in [0.5, 0.6) is 0 Å². The van der Waals surface area contributed by atoms with Crippen molar-refractivity contribution in [3.05, 3.63) is 18.5 Å². The third-order valence-corrected chi connectivity index (χ3v) is 6.07. The molecule has 2 aliphatic rings. The Morgan fingerprint density at radius 2 is 1.91 bits per heavy atom. The highest BCUT2D eigenvalue weighted by atomic mass is 32.2. The minimum Gasteiger partial charge on any atom is -0.302 e. The van der Waals surface area contributed by atoms with Crippen molar-refractivity contribution in [3.8, 4) is 0 Å². The first-order valence-corrected chi connectivity index (χ1v) is 9.41. The molecule has 0 unspecified atom stereocenters. The molecule has 0 bridgehead atoms. The smallest absolute Gasteiger partial charge is 0.192 e. The molecule has 120 valence electrons. The molecular formula is C17H25N3OS. The molecule has 0 saturated heterocycles. The van der Waals surface area contributed by atoms with Crippen LogP contribution in [-0.2, 0) is 11.3 Å². The maximum absolute atomic E-state index is 12.1. The summed E-state index contributed by atoms with van der Waals surface area (Å²) >= 11 is 1.62. The average Bonchev–Trinajstić information content (AvgIpc) is 2.94. The second-order valence-electron chi connectivity index (χ2n) is 6.39. The number of allylic oxidation sites excluding steroid dienone is 1. The fourth-order valence-electron chi connectivity index (χ4n) is 3.55. The minimum absolute atomic E-state index is 0.0701. The summed E-state index contributed by atoms with van der Waals surface area (Å²) in [5.41, 5.74) is 0. The number of nitrogens with zero attached hydrogens (tertiary/aromatic N) is 3. The highest BCUT2D eigenvalue weighted by Crippen LogP contribution is 2.35. The van der Waals surface area contributed by atoms with Crippen molar-refractivity contribution in [3.63, 3.8) is 0 Å². The number of hydrogen-bond acceptors (Lipinski definition) is 4. The van der Waals surface area contributed by atoms with Gasteiger partial charge in [-0.3, -0.25) is 4.79 Å². The van der Waals surface area contributed by atoms with Crippen molar-refractivity contribution >= 4 is 17.5 Å². The molecule has 0 spiro atoms. The molecule has 1 heterocycles. The van der Waals surface area contributed by atoms with E-state index in [9.17, 15) is 4.79 Å². The number of rotatable bonds is 5.